The summed E-state index contributed by atoms with van der Waals surface area (Å²) < 4.78 is 0. The minimum absolute atomic E-state index is 0.320. The van der Waals surface area contributed by atoms with E-state index in [0.717, 1.165) is 12.0 Å². The molecule has 2 unspecified atom stereocenters. The molecule has 4 N–H and O–H groups in total. The highest BCUT2D eigenvalue weighted by Gasteiger charge is 2.32. The number of hydrogen-bond acceptors (Lipinski definition) is 2. The second-order valence-corrected chi connectivity index (χ2v) is 4.50. The summed E-state index contributed by atoms with van der Waals surface area (Å²) in [4.78, 5) is 11.5. The van der Waals surface area contributed by atoms with Gasteiger partial charge in [-0.2, -0.15) is 0 Å². The first-order valence-corrected chi connectivity index (χ1v) is 5.59. The van der Waals surface area contributed by atoms with Gasteiger partial charge in [0, 0.05) is 5.54 Å². The lowest BCUT2D eigenvalue weighted by atomic mass is 9.80. The fraction of sp³-hybridized carbons (Fsp3) is 0.462. The van der Waals surface area contributed by atoms with E-state index >= 15 is 0 Å². The molecule has 0 heterocycles. The highest BCUT2D eigenvalue weighted by atomic mass is 16.1. The van der Waals surface area contributed by atoms with Crippen LogP contribution >= 0.6 is 0 Å². The van der Waals surface area contributed by atoms with Gasteiger partial charge in [-0.15, -0.1) is 0 Å². The lowest BCUT2D eigenvalue weighted by molar-refractivity contribution is -0.123. The Bertz CT molecular complexity index is 346. The maximum Gasteiger partial charge on any atom is 0.222 e. The van der Waals surface area contributed by atoms with E-state index in [2.05, 4.69) is 0 Å². The zero-order chi connectivity index (χ0) is 12.2. The van der Waals surface area contributed by atoms with Gasteiger partial charge in [0.1, 0.15) is 0 Å². The van der Waals surface area contributed by atoms with Crippen molar-refractivity contribution < 1.29 is 4.79 Å². The second kappa shape index (κ2) is 5.12. The van der Waals surface area contributed by atoms with Crippen LogP contribution in [-0.2, 0) is 11.2 Å². The van der Waals surface area contributed by atoms with E-state index in [0.29, 0.717) is 6.42 Å². The Kier molecular flexibility index (Phi) is 4.07. The molecule has 0 bridgehead atoms. The number of primary amides is 1. The van der Waals surface area contributed by atoms with Crippen LogP contribution in [-0.4, -0.2) is 11.4 Å². The topological polar surface area (TPSA) is 69.1 Å². The first kappa shape index (κ1) is 12.7. The number of amides is 1. The number of nitrogens with two attached hydrogens (primary N) is 2. The molecule has 0 aliphatic carbocycles. The minimum Gasteiger partial charge on any atom is -0.369 e. The lowest BCUT2D eigenvalue weighted by Crippen LogP contribution is -2.50. The van der Waals surface area contributed by atoms with Gasteiger partial charge in [-0.3, -0.25) is 4.79 Å². The van der Waals surface area contributed by atoms with Crippen molar-refractivity contribution in [3.63, 3.8) is 0 Å². The standard InChI is InChI=1S/C13H20N2O/c1-3-13(2,15)11(12(14)16)9-10-7-5-4-6-8-10/h4-8,11H,3,9,15H2,1-2H3,(H2,14,16). The van der Waals surface area contributed by atoms with Crippen molar-refractivity contribution in [2.24, 2.45) is 17.4 Å². The van der Waals surface area contributed by atoms with Gasteiger partial charge in [-0.05, 0) is 25.3 Å². The molecule has 0 aromatic heterocycles. The number of benzene rings is 1. The van der Waals surface area contributed by atoms with E-state index in [1.807, 2.05) is 44.2 Å². The van der Waals surface area contributed by atoms with Gasteiger partial charge in [0.25, 0.3) is 0 Å². The van der Waals surface area contributed by atoms with E-state index in [1.54, 1.807) is 0 Å². The Morgan fingerprint density at radius 1 is 1.38 bits per heavy atom. The van der Waals surface area contributed by atoms with E-state index in [4.69, 9.17) is 11.5 Å². The van der Waals surface area contributed by atoms with Crippen molar-refractivity contribution >= 4 is 5.91 Å². The highest BCUT2D eigenvalue weighted by molar-refractivity contribution is 5.78. The van der Waals surface area contributed by atoms with Crippen molar-refractivity contribution in [1.82, 2.24) is 0 Å². The molecular formula is C13H20N2O. The van der Waals surface area contributed by atoms with Crippen LogP contribution in [0.3, 0.4) is 0 Å². The second-order valence-electron chi connectivity index (χ2n) is 4.50. The average Bonchev–Trinajstić information content (AvgIpc) is 2.26. The van der Waals surface area contributed by atoms with Crippen LogP contribution in [0, 0.1) is 5.92 Å². The average molecular weight is 220 g/mol. The van der Waals surface area contributed by atoms with Crippen molar-refractivity contribution in [2.45, 2.75) is 32.2 Å². The van der Waals surface area contributed by atoms with Crippen molar-refractivity contribution in [1.29, 1.82) is 0 Å². The monoisotopic (exact) mass is 220 g/mol. The van der Waals surface area contributed by atoms with Crippen LogP contribution in [0.1, 0.15) is 25.8 Å². The van der Waals surface area contributed by atoms with E-state index in [-0.39, 0.29) is 11.8 Å². The van der Waals surface area contributed by atoms with Crippen molar-refractivity contribution in [3.05, 3.63) is 35.9 Å². The molecule has 0 fully saturated rings. The predicted octanol–water partition coefficient (Wildman–Crippen LogP) is 1.46. The van der Waals surface area contributed by atoms with Crippen molar-refractivity contribution in [2.75, 3.05) is 0 Å². The number of hydrogen-bond donors (Lipinski definition) is 2. The van der Waals surface area contributed by atoms with Gasteiger partial charge >= 0.3 is 0 Å². The molecule has 1 amide bonds. The fourth-order valence-corrected chi connectivity index (χ4v) is 1.75. The zero-order valence-corrected chi connectivity index (χ0v) is 9.94. The summed E-state index contributed by atoms with van der Waals surface area (Å²) >= 11 is 0. The Morgan fingerprint density at radius 2 is 1.94 bits per heavy atom. The summed E-state index contributed by atoms with van der Waals surface area (Å²) in [6.07, 6.45) is 1.34. The summed E-state index contributed by atoms with van der Waals surface area (Å²) in [7, 11) is 0. The van der Waals surface area contributed by atoms with Crippen LogP contribution in [0.15, 0.2) is 30.3 Å². The minimum atomic E-state index is -0.540. The lowest BCUT2D eigenvalue weighted by Gasteiger charge is -2.31. The highest BCUT2D eigenvalue weighted by Crippen LogP contribution is 2.22. The number of carbonyl (C=O) groups excluding carboxylic acids is 1. The molecule has 1 rings (SSSR count). The van der Waals surface area contributed by atoms with Crippen LogP contribution in [0.2, 0.25) is 0 Å². The summed E-state index contributed by atoms with van der Waals surface area (Å²) in [5, 5.41) is 0. The molecule has 88 valence electrons. The maximum absolute atomic E-state index is 11.5. The van der Waals surface area contributed by atoms with Crippen LogP contribution in [0.4, 0.5) is 0 Å². The molecule has 0 spiro atoms. The van der Waals surface area contributed by atoms with Crippen LogP contribution in [0.25, 0.3) is 0 Å². The molecule has 0 radical (unpaired) electrons. The Labute approximate surface area is 96.8 Å². The first-order chi connectivity index (χ1) is 7.47. The molecule has 0 aliphatic heterocycles. The zero-order valence-electron chi connectivity index (χ0n) is 9.94. The summed E-state index contributed by atoms with van der Waals surface area (Å²) in [5.74, 6) is -0.643. The van der Waals surface area contributed by atoms with Crippen LogP contribution < -0.4 is 11.5 Å². The van der Waals surface area contributed by atoms with E-state index in [9.17, 15) is 4.79 Å². The molecule has 16 heavy (non-hydrogen) atoms. The summed E-state index contributed by atoms with van der Waals surface area (Å²) in [5.41, 5.74) is 12.1. The molecule has 3 nitrogen and oxygen atoms in total. The van der Waals surface area contributed by atoms with E-state index < -0.39 is 5.54 Å². The third kappa shape index (κ3) is 3.07. The first-order valence-electron chi connectivity index (χ1n) is 5.59. The molecular weight excluding hydrogens is 200 g/mol. The third-order valence-corrected chi connectivity index (χ3v) is 3.18. The molecule has 1 aromatic rings. The quantitative estimate of drug-likeness (QED) is 0.788. The smallest absolute Gasteiger partial charge is 0.222 e. The van der Waals surface area contributed by atoms with Crippen LogP contribution in [0.5, 0.6) is 0 Å². The van der Waals surface area contributed by atoms with E-state index in [1.165, 1.54) is 0 Å². The number of carbonyl (C=O) groups is 1. The Balaban J connectivity index is 2.85. The molecule has 0 saturated heterocycles. The van der Waals surface area contributed by atoms with Gasteiger partial charge in [-0.1, -0.05) is 37.3 Å². The molecule has 2 atom stereocenters. The SMILES string of the molecule is CCC(C)(N)C(Cc1ccccc1)C(N)=O. The largest absolute Gasteiger partial charge is 0.369 e. The van der Waals surface area contributed by atoms with Gasteiger partial charge in [0.2, 0.25) is 5.91 Å². The molecule has 1 aromatic carbocycles. The summed E-state index contributed by atoms with van der Waals surface area (Å²) in [6, 6.07) is 9.83. The maximum atomic E-state index is 11.5. The number of rotatable bonds is 5. The molecule has 0 saturated carbocycles. The van der Waals surface area contributed by atoms with Gasteiger partial charge in [0.05, 0.1) is 5.92 Å². The molecule has 3 heteroatoms. The van der Waals surface area contributed by atoms with Crippen molar-refractivity contribution in [3.8, 4) is 0 Å². The van der Waals surface area contributed by atoms with Gasteiger partial charge in [-0.25, -0.2) is 0 Å². The predicted molar refractivity (Wildman–Crippen MR) is 65.7 cm³/mol. The third-order valence-electron chi connectivity index (χ3n) is 3.18. The fourth-order valence-electron chi connectivity index (χ4n) is 1.75. The van der Waals surface area contributed by atoms with Gasteiger partial charge < -0.3 is 11.5 Å². The van der Waals surface area contributed by atoms with Gasteiger partial charge in [0.15, 0.2) is 0 Å². The summed E-state index contributed by atoms with van der Waals surface area (Å²) in [6.45, 7) is 3.85. The Morgan fingerprint density at radius 3 is 2.38 bits per heavy atom. The normalized spacial score (nSPS) is 16.4. The Hall–Kier alpha value is -1.35. The molecule has 0 aliphatic rings.